The van der Waals surface area contributed by atoms with E-state index < -0.39 is 15.8 Å². The highest BCUT2D eigenvalue weighted by Gasteiger charge is 2.31. The number of nitriles is 1. The third-order valence-electron chi connectivity index (χ3n) is 6.03. The average Bonchev–Trinajstić information content (AvgIpc) is 3.09. The lowest BCUT2D eigenvalue weighted by Gasteiger charge is -2.33. The van der Waals surface area contributed by atoms with Crippen LogP contribution in [-0.2, 0) is 27.7 Å². The van der Waals surface area contributed by atoms with Crippen molar-refractivity contribution in [1.82, 2.24) is 9.21 Å². The van der Waals surface area contributed by atoms with Gasteiger partial charge in [0.25, 0.3) is 0 Å². The summed E-state index contributed by atoms with van der Waals surface area (Å²) in [7, 11) is -3.91. The van der Waals surface area contributed by atoms with E-state index in [0.717, 1.165) is 30.9 Å². The molecular weight excluding hydrogens is 451 g/mol. The number of sulfonamides is 1. The molecule has 1 atom stereocenters. The van der Waals surface area contributed by atoms with Crippen molar-refractivity contribution in [1.29, 1.82) is 5.26 Å². The van der Waals surface area contributed by atoms with Gasteiger partial charge in [-0.1, -0.05) is 19.1 Å². The molecule has 1 aromatic carbocycles. The van der Waals surface area contributed by atoms with Gasteiger partial charge in [-0.2, -0.15) is 9.57 Å². The number of hydrogen-bond acceptors (Lipinski definition) is 6. The van der Waals surface area contributed by atoms with E-state index in [0.29, 0.717) is 29.6 Å². The molecule has 7 nitrogen and oxygen atoms in total. The lowest BCUT2D eigenvalue weighted by molar-refractivity contribution is -0.117. The van der Waals surface area contributed by atoms with Gasteiger partial charge in [-0.05, 0) is 42.9 Å². The van der Waals surface area contributed by atoms with E-state index in [-0.39, 0.29) is 30.4 Å². The van der Waals surface area contributed by atoms with Crippen molar-refractivity contribution in [3.05, 3.63) is 46.1 Å². The van der Waals surface area contributed by atoms with Crippen LogP contribution in [-0.4, -0.2) is 56.3 Å². The van der Waals surface area contributed by atoms with E-state index in [1.54, 1.807) is 0 Å². The maximum atomic E-state index is 14.0. The maximum Gasteiger partial charge on any atom is 0.246 e. The number of thiophene rings is 1. The first kappa shape index (κ1) is 22.9. The van der Waals surface area contributed by atoms with Gasteiger partial charge < -0.3 is 5.32 Å². The zero-order valence-electron chi connectivity index (χ0n) is 17.8. The van der Waals surface area contributed by atoms with E-state index in [1.165, 1.54) is 38.7 Å². The number of piperazine rings is 1. The number of fused-ring (bicyclic) bond motifs is 1. The summed E-state index contributed by atoms with van der Waals surface area (Å²) in [5, 5.41) is 13.1. The molecule has 1 aromatic heterocycles. The number of carbonyl (C=O) groups excluding carboxylic acids is 1. The third-order valence-corrected chi connectivity index (χ3v) is 9.13. The summed E-state index contributed by atoms with van der Waals surface area (Å²) in [5.74, 6) is -0.414. The molecule has 0 bridgehead atoms. The Morgan fingerprint density at radius 1 is 1.28 bits per heavy atom. The van der Waals surface area contributed by atoms with Gasteiger partial charge in [0.15, 0.2) is 0 Å². The highest BCUT2D eigenvalue weighted by atomic mass is 32.2. The number of nitrogens with one attached hydrogen (secondary N) is 1. The van der Waals surface area contributed by atoms with Crippen LogP contribution in [0.2, 0.25) is 0 Å². The molecule has 10 heteroatoms. The van der Waals surface area contributed by atoms with Gasteiger partial charge in [0, 0.05) is 31.1 Å². The van der Waals surface area contributed by atoms with E-state index in [1.807, 2.05) is 4.90 Å². The minimum Gasteiger partial charge on any atom is -0.315 e. The molecule has 0 radical (unpaired) electrons. The van der Waals surface area contributed by atoms with Gasteiger partial charge in [-0.25, -0.2) is 12.8 Å². The second-order valence-corrected chi connectivity index (χ2v) is 11.3. The smallest absolute Gasteiger partial charge is 0.246 e. The number of hydrogen-bond donors (Lipinski definition) is 1. The molecule has 1 amide bonds. The molecule has 32 heavy (non-hydrogen) atoms. The van der Waals surface area contributed by atoms with Gasteiger partial charge in [-0.3, -0.25) is 9.69 Å². The SMILES string of the molecule is C[C@@H]1CCc2c(sc(NC(=O)CN3CCN(S(=O)(=O)c4ccccc4F)CC3)c2C#N)C1. The van der Waals surface area contributed by atoms with Crippen molar-refractivity contribution in [2.24, 2.45) is 5.92 Å². The molecule has 1 aliphatic heterocycles. The number of anilines is 1. The molecule has 0 saturated carbocycles. The summed E-state index contributed by atoms with van der Waals surface area (Å²) in [6, 6.07) is 7.59. The normalized spacial score (nSPS) is 19.8. The number of amides is 1. The number of rotatable bonds is 5. The van der Waals surface area contributed by atoms with Crippen molar-refractivity contribution in [2.75, 3.05) is 38.0 Å². The van der Waals surface area contributed by atoms with Crippen LogP contribution in [0.5, 0.6) is 0 Å². The van der Waals surface area contributed by atoms with Crippen LogP contribution in [0.3, 0.4) is 0 Å². The summed E-state index contributed by atoms with van der Waals surface area (Å²) in [5.41, 5.74) is 1.64. The fourth-order valence-corrected chi connectivity index (χ4v) is 7.11. The van der Waals surface area contributed by atoms with Crippen molar-refractivity contribution in [2.45, 2.75) is 31.1 Å². The van der Waals surface area contributed by atoms with Crippen LogP contribution in [0.4, 0.5) is 9.39 Å². The standard InChI is InChI=1S/C22H25FN4O3S2/c1-15-6-7-16-17(13-24)22(31-19(16)12-15)25-21(28)14-26-8-10-27(11-9-26)32(29,30)20-5-3-2-4-18(20)23/h2-5,15H,6-12,14H2,1H3,(H,25,28)/t15-/m1/s1. The largest absolute Gasteiger partial charge is 0.315 e. The first-order chi connectivity index (χ1) is 15.3. The van der Waals surface area contributed by atoms with Crippen LogP contribution >= 0.6 is 11.3 Å². The Labute approximate surface area is 191 Å². The molecule has 2 aromatic rings. The Morgan fingerprint density at radius 2 is 2.00 bits per heavy atom. The Hall–Kier alpha value is -2.32. The molecule has 1 aliphatic carbocycles. The number of carbonyl (C=O) groups is 1. The van der Waals surface area contributed by atoms with Gasteiger partial charge >= 0.3 is 0 Å². The zero-order valence-corrected chi connectivity index (χ0v) is 19.4. The topological polar surface area (TPSA) is 93.5 Å². The number of nitrogens with zero attached hydrogens (tertiary/aromatic N) is 3. The molecule has 2 heterocycles. The molecule has 1 N–H and O–H groups in total. The van der Waals surface area contributed by atoms with Crippen molar-refractivity contribution in [3.63, 3.8) is 0 Å². The van der Waals surface area contributed by atoms with Crippen LogP contribution in [0.1, 0.15) is 29.3 Å². The second-order valence-electron chi connectivity index (χ2n) is 8.33. The summed E-state index contributed by atoms with van der Waals surface area (Å²) in [6.45, 7) is 3.39. The molecule has 170 valence electrons. The average molecular weight is 477 g/mol. The van der Waals surface area contributed by atoms with Crippen LogP contribution in [0.15, 0.2) is 29.2 Å². The predicted octanol–water partition coefficient (Wildman–Crippen LogP) is 2.83. The third kappa shape index (κ3) is 4.57. The van der Waals surface area contributed by atoms with E-state index in [9.17, 15) is 22.9 Å². The predicted molar refractivity (Wildman–Crippen MR) is 120 cm³/mol. The Bertz CT molecular complexity index is 1160. The zero-order chi connectivity index (χ0) is 22.9. The summed E-state index contributed by atoms with van der Waals surface area (Å²) < 4.78 is 40.7. The molecule has 0 spiro atoms. The van der Waals surface area contributed by atoms with E-state index >= 15 is 0 Å². The maximum absolute atomic E-state index is 14.0. The van der Waals surface area contributed by atoms with Crippen LogP contribution < -0.4 is 5.32 Å². The van der Waals surface area contributed by atoms with Gasteiger partial charge in [0.1, 0.15) is 21.8 Å². The highest BCUT2D eigenvalue weighted by Crippen LogP contribution is 2.39. The molecule has 1 saturated heterocycles. The van der Waals surface area contributed by atoms with Crippen molar-refractivity contribution >= 4 is 32.3 Å². The quantitative estimate of drug-likeness (QED) is 0.716. The Balaban J connectivity index is 1.36. The first-order valence-electron chi connectivity index (χ1n) is 10.6. The fourth-order valence-electron chi connectivity index (χ4n) is 4.25. The molecule has 0 unspecified atom stereocenters. The molecule has 2 aliphatic rings. The number of benzene rings is 1. The minimum atomic E-state index is -3.91. The highest BCUT2D eigenvalue weighted by molar-refractivity contribution is 7.89. The van der Waals surface area contributed by atoms with Gasteiger partial charge in [0.2, 0.25) is 15.9 Å². The van der Waals surface area contributed by atoms with Crippen LogP contribution in [0, 0.1) is 23.1 Å². The monoisotopic (exact) mass is 476 g/mol. The van der Waals surface area contributed by atoms with Gasteiger partial charge in [0.05, 0.1) is 12.1 Å². The summed E-state index contributed by atoms with van der Waals surface area (Å²) >= 11 is 1.49. The van der Waals surface area contributed by atoms with Crippen LogP contribution in [0.25, 0.3) is 0 Å². The minimum absolute atomic E-state index is 0.109. The van der Waals surface area contributed by atoms with Crippen molar-refractivity contribution in [3.8, 4) is 6.07 Å². The van der Waals surface area contributed by atoms with Crippen molar-refractivity contribution < 1.29 is 17.6 Å². The molecular formula is C22H25FN4O3S2. The lowest BCUT2D eigenvalue weighted by Crippen LogP contribution is -2.50. The van der Waals surface area contributed by atoms with E-state index in [4.69, 9.17) is 0 Å². The Morgan fingerprint density at radius 3 is 2.69 bits per heavy atom. The molecule has 4 rings (SSSR count). The first-order valence-corrected chi connectivity index (χ1v) is 12.9. The van der Waals surface area contributed by atoms with E-state index in [2.05, 4.69) is 18.3 Å². The van der Waals surface area contributed by atoms with Gasteiger partial charge in [-0.15, -0.1) is 11.3 Å². The Kier molecular flexibility index (Phi) is 6.62. The summed E-state index contributed by atoms with van der Waals surface area (Å²) in [4.78, 5) is 15.4. The second kappa shape index (κ2) is 9.27. The fraction of sp³-hybridized carbons (Fsp3) is 0.455. The summed E-state index contributed by atoms with van der Waals surface area (Å²) in [6.07, 6.45) is 2.85. The number of halogens is 1. The molecule has 1 fully saturated rings. The lowest BCUT2D eigenvalue weighted by atomic mass is 9.89.